The maximum Gasteiger partial charge on any atom is 0.119 e. The first kappa shape index (κ1) is 14.8. The first-order chi connectivity index (χ1) is 9.19. The number of benzene rings is 1. The maximum absolute atomic E-state index is 9.97. The Kier molecular flexibility index (Phi) is 5.67. The molecule has 1 aromatic rings. The Morgan fingerprint density at radius 1 is 1.32 bits per heavy atom. The summed E-state index contributed by atoms with van der Waals surface area (Å²) in [5.41, 5.74) is 0.794. The lowest BCUT2D eigenvalue weighted by Crippen LogP contribution is -2.20. The summed E-state index contributed by atoms with van der Waals surface area (Å²) in [5, 5.41) is 19.1. The fourth-order valence-corrected chi connectivity index (χ4v) is 3.03. The summed E-state index contributed by atoms with van der Waals surface area (Å²) in [6.07, 6.45) is 5.51. The minimum Gasteiger partial charge on any atom is -0.491 e. The molecule has 1 aliphatic carbocycles. The third kappa shape index (κ3) is 4.48. The van der Waals surface area contributed by atoms with Gasteiger partial charge in [0.1, 0.15) is 12.4 Å². The van der Waals surface area contributed by atoms with Crippen LogP contribution in [0.5, 0.6) is 5.75 Å². The zero-order valence-electron chi connectivity index (χ0n) is 11.0. The molecule has 106 valence electrons. The van der Waals surface area contributed by atoms with E-state index in [-0.39, 0.29) is 6.61 Å². The van der Waals surface area contributed by atoms with Gasteiger partial charge in [0.05, 0.1) is 12.7 Å². The molecule has 0 spiro atoms. The molecule has 1 fully saturated rings. The van der Waals surface area contributed by atoms with Gasteiger partial charge in [-0.05, 0) is 36.1 Å². The quantitative estimate of drug-likeness (QED) is 0.842. The molecule has 4 heteroatoms. The Bertz CT molecular complexity index is 402. The number of aliphatic hydroxyl groups is 2. The average molecular weight is 329 g/mol. The molecular weight excluding hydrogens is 308 g/mol. The highest BCUT2D eigenvalue weighted by Crippen LogP contribution is 2.29. The Balaban J connectivity index is 1.80. The van der Waals surface area contributed by atoms with Crippen LogP contribution in [-0.4, -0.2) is 22.9 Å². The summed E-state index contributed by atoms with van der Waals surface area (Å²) in [7, 11) is 0. The van der Waals surface area contributed by atoms with Crippen LogP contribution in [0.1, 0.15) is 37.7 Å². The molecule has 0 radical (unpaired) electrons. The lowest BCUT2D eigenvalue weighted by Gasteiger charge is -2.16. The van der Waals surface area contributed by atoms with Crippen molar-refractivity contribution in [1.29, 1.82) is 0 Å². The van der Waals surface area contributed by atoms with E-state index in [0.29, 0.717) is 18.3 Å². The van der Waals surface area contributed by atoms with Crippen molar-refractivity contribution in [1.82, 2.24) is 0 Å². The molecule has 0 heterocycles. The molecule has 1 saturated carbocycles. The molecule has 0 amide bonds. The smallest absolute Gasteiger partial charge is 0.119 e. The van der Waals surface area contributed by atoms with Crippen LogP contribution in [0.4, 0.5) is 0 Å². The summed E-state index contributed by atoms with van der Waals surface area (Å²) >= 11 is 3.36. The fraction of sp³-hybridized carbons (Fsp3) is 0.600. The fourth-order valence-electron chi connectivity index (χ4n) is 2.65. The summed E-state index contributed by atoms with van der Waals surface area (Å²) < 4.78 is 6.46. The zero-order valence-corrected chi connectivity index (χ0v) is 12.6. The molecule has 0 bridgehead atoms. The van der Waals surface area contributed by atoms with Crippen LogP contribution in [-0.2, 0) is 6.61 Å². The van der Waals surface area contributed by atoms with Crippen LogP contribution < -0.4 is 4.74 Å². The van der Waals surface area contributed by atoms with Crippen molar-refractivity contribution < 1.29 is 14.9 Å². The minimum atomic E-state index is -0.399. The molecule has 2 N–H and O–H groups in total. The average Bonchev–Trinajstić information content (AvgIpc) is 2.90. The lowest BCUT2D eigenvalue weighted by molar-refractivity contribution is 0.0854. The Morgan fingerprint density at radius 3 is 2.74 bits per heavy atom. The third-order valence-corrected chi connectivity index (χ3v) is 4.48. The molecule has 1 aromatic carbocycles. The Morgan fingerprint density at radius 2 is 2.05 bits per heavy atom. The van der Waals surface area contributed by atoms with E-state index in [1.165, 1.54) is 25.7 Å². The molecule has 3 nitrogen and oxygen atoms in total. The van der Waals surface area contributed by atoms with Crippen molar-refractivity contribution in [3.05, 3.63) is 28.2 Å². The molecule has 0 aliphatic heterocycles. The summed E-state index contributed by atoms with van der Waals surface area (Å²) in [5.74, 6) is 1.36. The van der Waals surface area contributed by atoms with Gasteiger partial charge in [-0.15, -0.1) is 0 Å². The van der Waals surface area contributed by atoms with E-state index in [1.807, 2.05) is 12.1 Å². The van der Waals surface area contributed by atoms with Gasteiger partial charge in [-0.2, -0.15) is 0 Å². The molecule has 0 saturated heterocycles. The first-order valence-electron chi connectivity index (χ1n) is 6.89. The Hall–Kier alpha value is -0.580. The molecule has 0 aromatic heterocycles. The first-order valence-corrected chi connectivity index (χ1v) is 7.68. The number of hydrogen-bond donors (Lipinski definition) is 2. The van der Waals surface area contributed by atoms with E-state index in [0.717, 1.165) is 16.5 Å². The van der Waals surface area contributed by atoms with Gasteiger partial charge in [0, 0.05) is 4.47 Å². The highest BCUT2D eigenvalue weighted by Gasteiger charge is 2.19. The van der Waals surface area contributed by atoms with Gasteiger partial charge in [-0.3, -0.25) is 0 Å². The lowest BCUT2D eigenvalue weighted by atomic mass is 10.0. The highest BCUT2D eigenvalue weighted by molar-refractivity contribution is 9.10. The van der Waals surface area contributed by atoms with Gasteiger partial charge in [0.25, 0.3) is 0 Å². The van der Waals surface area contributed by atoms with Crippen molar-refractivity contribution in [3.63, 3.8) is 0 Å². The van der Waals surface area contributed by atoms with Gasteiger partial charge in [0.2, 0.25) is 0 Å². The second-order valence-corrected chi connectivity index (χ2v) is 6.12. The van der Waals surface area contributed by atoms with Crippen LogP contribution in [0.15, 0.2) is 22.7 Å². The molecule has 2 rings (SSSR count). The summed E-state index contributed by atoms with van der Waals surface area (Å²) in [6.45, 7) is 0.297. The van der Waals surface area contributed by atoms with Crippen molar-refractivity contribution in [2.45, 2.75) is 44.8 Å². The third-order valence-electron chi connectivity index (χ3n) is 3.71. The summed E-state index contributed by atoms with van der Waals surface area (Å²) in [4.78, 5) is 0. The molecule has 19 heavy (non-hydrogen) atoms. The second-order valence-electron chi connectivity index (χ2n) is 5.26. The van der Waals surface area contributed by atoms with Crippen LogP contribution in [0.2, 0.25) is 0 Å². The van der Waals surface area contributed by atoms with Crippen LogP contribution in [0, 0.1) is 5.92 Å². The number of halogens is 1. The number of rotatable bonds is 6. The van der Waals surface area contributed by atoms with Crippen molar-refractivity contribution in [3.8, 4) is 5.75 Å². The van der Waals surface area contributed by atoms with Crippen molar-refractivity contribution >= 4 is 15.9 Å². The number of ether oxygens (including phenoxy) is 1. The van der Waals surface area contributed by atoms with E-state index in [1.54, 1.807) is 6.07 Å². The standard InChI is InChI=1S/C15H21BrO3/c16-15-6-5-14(8-12(15)9-17)19-10-13(18)7-11-3-1-2-4-11/h5-6,8,11,13,17-18H,1-4,7,9-10H2. The second kappa shape index (κ2) is 7.27. The van der Waals surface area contributed by atoms with Crippen LogP contribution in [0.3, 0.4) is 0 Å². The Labute approximate surface area is 122 Å². The molecule has 1 atom stereocenters. The zero-order chi connectivity index (χ0) is 13.7. The van der Waals surface area contributed by atoms with E-state index >= 15 is 0 Å². The van der Waals surface area contributed by atoms with Crippen LogP contribution in [0.25, 0.3) is 0 Å². The number of hydrogen-bond acceptors (Lipinski definition) is 3. The van der Waals surface area contributed by atoms with E-state index in [2.05, 4.69) is 15.9 Å². The molecular formula is C15H21BrO3. The summed E-state index contributed by atoms with van der Waals surface area (Å²) in [6, 6.07) is 5.49. The molecule has 1 aliphatic rings. The predicted octanol–water partition coefficient (Wildman–Crippen LogP) is 3.26. The van der Waals surface area contributed by atoms with Gasteiger partial charge in [-0.1, -0.05) is 41.6 Å². The van der Waals surface area contributed by atoms with Gasteiger partial charge in [0.15, 0.2) is 0 Å². The van der Waals surface area contributed by atoms with Gasteiger partial charge < -0.3 is 14.9 Å². The maximum atomic E-state index is 9.97. The topological polar surface area (TPSA) is 49.7 Å². The highest BCUT2D eigenvalue weighted by atomic mass is 79.9. The van der Waals surface area contributed by atoms with E-state index < -0.39 is 6.10 Å². The normalized spacial score (nSPS) is 17.6. The van der Waals surface area contributed by atoms with Gasteiger partial charge >= 0.3 is 0 Å². The van der Waals surface area contributed by atoms with Crippen molar-refractivity contribution in [2.75, 3.05) is 6.61 Å². The van der Waals surface area contributed by atoms with Crippen LogP contribution >= 0.6 is 15.9 Å². The van der Waals surface area contributed by atoms with Gasteiger partial charge in [-0.25, -0.2) is 0 Å². The van der Waals surface area contributed by atoms with Crippen molar-refractivity contribution in [2.24, 2.45) is 5.92 Å². The largest absolute Gasteiger partial charge is 0.491 e. The minimum absolute atomic E-state index is 0.0254. The monoisotopic (exact) mass is 328 g/mol. The SMILES string of the molecule is OCc1cc(OCC(O)CC2CCCC2)ccc1Br. The number of aliphatic hydroxyl groups excluding tert-OH is 2. The predicted molar refractivity (Wildman–Crippen MR) is 78.1 cm³/mol. The van der Waals surface area contributed by atoms with E-state index in [4.69, 9.17) is 4.74 Å². The molecule has 1 unspecified atom stereocenters. The van der Waals surface area contributed by atoms with E-state index in [9.17, 15) is 10.2 Å².